The lowest BCUT2D eigenvalue weighted by molar-refractivity contribution is -0.104. The van der Waals surface area contributed by atoms with E-state index >= 15 is 0 Å². The van der Waals surface area contributed by atoms with E-state index in [0.29, 0.717) is 5.57 Å². The van der Waals surface area contributed by atoms with Crippen molar-refractivity contribution in [3.05, 3.63) is 36.0 Å². The van der Waals surface area contributed by atoms with Gasteiger partial charge in [-0.1, -0.05) is 30.4 Å². The molecule has 2 heteroatoms. The second-order valence-electron chi connectivity index (χ2n) is 2.90. The zero-order valence-electron chi connectivity index (χ0n) is 6.55. The van der Waals surface area contributed by atoms with Gasteiger partial charge in [0.1, 0.15) is 0 Å². The molecule has 0 spiro atoms. The minimum Gasteiger partial charge on any atom is -0.298 e. The van der Waals surface area contributed by atoms with Gasteiger partial charge in [0.25, 0.3) is 0 Å². The van der Waals surface area contributed by atoms with Crippen molar-refractivity contribution in [2.75, 3.05) is 0 Å². The molecule has 0 aromatic heterocycles. The van der Waals surface area contributed by atoms with Gasteiger partial charge in [0.15, 0.2) is 6.29 Å². The molecule has 60 valence electrons. The first kappa shape index (κ1) is 7.22. The molecule has 0 N–H and O–H groups in total. The Morgan fingerprint density at radius 2 is 2.17 bits per heavy atom. The average molecular weight is 159 g/mol. The second kappa shape index (κ2) is 2.89. The highest BCUT2D eigenvalue weighted by molar-refractivity contribution is 6.02. The van der Waals surface area contributed by atoms with E-state index in [2.05, 4.69) is 11.1 Å². The van der Waals surface area contributed by atoms with Gasteiger partial charge in [-0.05, 0) is 0 Å². The number of allylic oxidation sites excluding steroid dienone is 3. The van der Waals surface area contributed by atoms with E-state index in [4.69, 9.17) is 0 Å². The molecule has 0 aromatic carbocycles. The number of aliphatic imine (C=N–C) groups is 1. The van der Waals surface area contributed by atoms with Crippen LogP contribution in [0.1, 0.15) is 0 Å². The first-order valence-electron chi connectivity index (χ1n) is 3.95. The maximum absolute atomic E-state index is 10.4. The molecule has 0 bridgehead atoms. The number of hydrogen-bond acceptors (Lipinski definition) is 2. The molecular formula is C10H9NO. The zero-order valence-corrected chi connectivity index (χ0v) is 6.55. The highest BCUT2D eigenvalue weighted by Gasteiger charge is 2.18. The van der Waals surface area contributed by atoms with Crippen molar-refractivity contribution in [3.63, 3.8) is 0 Å². The van der Waals surface area contributed by atoms with E-state index in [1.54, 1.807) is 6.21 Å². The molecule has 1 aliphatic carbocycles. The van der Waals surface area contributed by atoms with E-state index < -0.39 is 0 Å². The van der Waals surface area contributed by atoms with Crippen molar-refractivity contribution in [2.24, 2.45) is 10.9 Å². The molecule has 0 fully saturated rings. The first-order valence-corrected chi connectivity index (χ1v) is 3.95. The number of fused-ring (bicyclic) bond motifs is 1. The van der Waals surface area contributed by atoms with Crippen LogP contribution in [0.15, 0.2) is 40.9 Å². The summed E-state index contributed by atoms with van der Waals surface area (Å²) in [7, 11) is 0. The molecule has 0 amide bonds. The summed E-state index contributed by atoms with van der Waals surface area (Å²) in [5, 5.41) is 0. The van der Waals surface area contributed by atoms with Gasteiger partial charge in [0.05, 0.1) is 6.04 Å². The highest BCUT2D eigenvalue weighted by Crippen LogP contribution is 2.21. The van der Waals surface area contributed by atoms with Crippen LogP contribution < -0.4 is 0 Å². The standard InChI is InChI=1S/C10H9NO/c12-7-8-5-9-3-1-2-4-10(9)11-6-8/h1-7,9-10H. The number of nitrogens with zero attached hydrogens (tertiary/aromatic N) is 1. The summed E-state index contributed by atoms with van der Waals surface area (Å²) in [5.74, 6) is 0.278. The fraction of sp³-hybridized carbons (Fsp3) is 0.200. The molecule has 0 saturated carbocycles. The van der Waals surface area contributed by atoms with Gasteiger partial charge in [-0.2, -0.15) is 0 Å². The molecular weight excluding hydrogens is 150 g/mol. The SMILES string of the molecule is O=CC1=CC2C=CC=CC2N=C1. The van der Waals surface area contributed by atoms with Crippen LogP contribution in [0.25, 0.3) is 0 Å². The molecule has 0 radical (unpaired) electrons. The Balaban J connectivity index is 2.28. The summed E-state index contributed by atoms with van der Waals surface area (Å²) in [5.41, 5.74) is 0.677. The maximum Gasteiger partial charge on any atom is 0.151 e. The van der Waals surface area contributed by atoms with Crippen molar-refractivity contribution in [1.29, 1.82) is 0 Å². The fourth-order valence-electron chi connectivity index (χ4n) is 1.42. The van der Waals surface area contributed by atoms with Crippen molar-refractivity contribution in [3.8, 4) is 0 Å². The van der Waals surface area contributed by atoms with Crippen LogP contribution in [0.4, 0.5) is 0 Å². The van der Waals surface area contributed by atoms with E-state index in [0.717, 1.165) is 6.29 Å². The van der Waals surface area contributed by atoms with Gasteiger partial charge < -0.3 is 0 Å². The minimum absolute atomic E-state index is 0.207. The summed E-state index contributed by atoms with van der Waals surface area (Å²) in [6, 6.07) is 0.207. The predicted octanol–water partition coefficient (Wildman–Crippen LogP) is 1.31. The monoisotopic (exact) mass is 159 g/mol. The molecule has 1 heterocycles. The molecule has 2 rings (SSSR count). The normalized spacial score (nSPS) is 31.2. The zero-order chi connectivity index (χ0) is 8.39. The van der Waals surface area contributed by atoms with Gasteiger partial charge in [0.2, 0.25) is 0 Å². The summed E-state index contributed by atoms with van der Waals surface area (Å²) in [6.45, 7) is 0. The molecule has 1 aliphatic heterocycles. The topological polar surface area (TPSA) is 29.4 Å². The number of dihydropyridines is 1. The molecule has 0 saturated heterocycles. The quantitative estimate of drug-likeness (QED) is 0.530. The lowest BCUT2D eigenvalue weighted by Gasteiger charge is -2.20. The third-order valence-electron chi connectivity index (χ3n) is 2.06. The van der Waals surface area contributed by atoms with Crippen LogP contribution in [0, 0.1) is 5.92 Å². The first-order chi connectivity index (χ1) is 5.90. The van der Waals surface area contributed by atoms with Gasteiger partial charge in [-0.3, -0.25) is 9.79 Å². The summed E-state index contributed by atoms with van der Waals surface area (Å²) in [6.07, 6.45) is 12.5. The predicted molar refractivity (Wildman–Crippen MR) is 48.2 cm³/mol. The van der Waals surface area contributed by atoms with Crippen LogP contribution >= 0.6 is 0 Å². The molecule has 2 atom stereocenters. The van der Waals surface area contributed by atoms with E-state index in [9.17, 15) is 4.79 Å². The summed E-state index contributed by atoms with van der Waals surface area (Å²) >= 11 is 0. The van der Waals surface area contributed by atoms with Gasteiger partial charge >= 0.3 is 0 Å². The van der Waals surface area contributed by atoms with Gasteiger partial charge in [-0.15, -0.1) is 0 Å². The molecule has 2 nitrogen and oxygen atoms in total. The molecule has 0 aromatic rings. The Hall–Kier alpha value is -1.44. The van der Waals surface area contributed by atoms with E-state index in [-0.39, 0.29) is 12.0 Å². The van der Waals surface area contributed by atoms with Crippen molar-refractivity contribution >= 4 is 12.5 Å². The number of carbonyl (C=O) groups excluding carboxylic acids is 1. The third-order valence-corrected chi connectivity index (χ3v) is 2.06. The van der Waals surface area contributed by atoms with Gasteiger partial charge in [-0.25, -0.2) is 0 Å². The second-order valence-corrected chi connectivity index (χ2v) is 2.90. The Kier molecular flexibility index (Phi) is 1.74. The lowest BCUT2D eigenvalue weighted by atomic mass is 9.92. The van der Waals surface area contributed by atoms with E-state index in [1.807, 2.05) is 24.3 Å². The summed E-state index contributed by atoms with van der Waals surface area (Å²) in [4.78, 5) is 14.7. The smallest absolute Gasteiger partial charge is 0.151 e. The molecule has 12 heavy (non-hydrogen) atoms. The number of hydrogen-bond donors (Lipinski definition) is 0. The highest BCUT2D eigenvalue weighted by atomic mass is 16.1. The molecule has 2 unspecified atom stereocenters. The number of aldehydes is 1. The van der Waals surface area contributed by atoms with Crippen molar-refractivity contribution in [1.82, 2.24) is 0 Å². The Morgan fingerprint density at radius 3 is 3.00 bits per heavy atom. The largest absolute Gasteiger partial charge is 0.298 e. The van der Waals surface area contributed by atoms with Gasteiger partial charge in [0, 0.05) is 17.7 Å². The number of rotatable bonds is 1. The third kappa shape index (κ3) is 1.16. The Bertz CT molecular complexity index is 310. The van der Waals surface area contributed by atoms with Crippen LogP contribution in [0.2, 0.25) is 0 Å². The van der Waals surface area contributed by atoms with Crippen molar-refractivity contribution < 1.29 is 4.79 Å². The van der Waals surface area contributed by atoms with Crippen LogP contribution in [-0.2, 0) is 4.79 Å². The maximum atomic E-state index is 10.4. The minimum atomic E-state index is 0.207. The average Bonchev–Trinajstić information content (AvgIpc) is 2.17. The fourth-order valence-corrected chi connectivity index (χ4v) is 1.42. The molecule has 2 aliphatic rings. The Morgan fingerprint density at radius 1 is 1.33 bits per heavy atom. The lowest BCUT2D eigenvalue weighted by Crippen LogP contribution is -2.19. The van der Waals surface area contributed by atoms with Crippen LogP contribution in [0.5, 0.6) is 0 Å². The van der Waals surface area contributed by atoms with Crippen LogP contribution in [-0.4, -0.2) is 18.5 Å². The Labute approximate surface area is 71.0 Å². The van der Waals surface area contributed by atoms with Crippen LogP contribution in [0.3, 0.4) is 0 Å². The summed E-state index contributed by atoms with van der Waals surface area (Å²) < 4.78 is 0. The van der Waals surface area contributed by atoms with Crippen molar-refractivity contribution in [2.45, 2.75) is 6.04 Å². The van der Waals surface area contributed by atoms with E-state index in [1.165, 1.54) is 0 Å². The number of carbonyl (C=O) groups is 1.